The Kier molecular flexibility index (Phi) is 11.0. The third kappa shape index (κ3) is 8.31. The highest BCUT2D eigenvalue weighted by Gasteiger charge is 2.18. The molecule has 0 heterocycles. The number of esters is 1. The highest BCUT2D eigenvalue weighted by molar-refractivity contribution is 5.85. The predicted molar refractivity (Wildman–Crippen MR) is 73.5 cm³/mol. The summed E-state index contributed by atoms with van der Waals surface area (Å²) in [6.45, 7) is 8.10. The summed E-state index contributed by atoms with van der Waals surface area (Å²) in [6, 6.07) is -0.510. The van der Waals surface area contributed by atoms with Crippen LogP contribution in [0.4, 0.5) is 0 Å². The lowest BCUT2D eigenvalue weighted by Gasteiger charge is -2.16. The molecule has 0 rings (SSSR count). The number of hydrogen-bond acceptors (Lipinski definition) is 4. The standard InChI is InChI=1S/C12H24N2O3.ClH/c1-5-17-12(16)9(4)7-14-11(15)10(13)6-8(2)3;/h8-10H,5-7,13H2,1-4H3,(H,14,15);1H/t9?,10-;/m0./s1. The minimum Gasteiger partial charge on any atom is -0.466 e. The first-order valence-corrected chi connectivity index (χ1v) is 6.08. The van der Waals surface area contributed by atoms with Crippen LogP contribution in [0.2, 0.25) is 0 Å². The fourth-order valence-corrected chi connectivity index (χ4v) is 1.37. The molecule has 18 heavy (non-hydrogen) atoms. The quantitative estimate of drug-likeness (QED) is 0.684. The van der Waals surface area contributed by atoms with E-state index in [-0.39, 0.29) is 36.7 Å². The topological polar surface area (TPSA) is 81.4 Å². The van der Waals surface area contributed by atoms with Crippen LogP contribution in [0.15, 0.2) is 0 Å². The molecular weight excluding hydrogens is 256 g/mol. The Labute approximate surface area is 115 Å². The fourth-order valence-electron chi connectivity index (χ4n) is 1.37. The van der Waals surface area contributed by atoms with Gasteiger partial charge in [0.2, 0.25) is 5.91 Å². The van der Waals surface area contributed by atoms with Crippen LogP contribution in [0, 0.1) is 11.8 Å². The number of rotatable bonds is 7. The summed E-state index contributed by atoms with van der Waals surface area (Å²) in [5.41, 5.74) is 5.71. The van der Waals surface area contributed by atoms with Gasteiger partial charge in [-0.1, -0.05) is 20.8 Å². The molecule has 2 atom stereocenters. The van der Waals surface area contributed by atoms with Crippen LogP contribution >= 0.6 is 12.4 Å². The summed E-state index contributed by atoms with van der Waals surface area (Å²) in [4.78, 5) is 22.9. The van der Waals surface area contributed by atoms with E-state index in [2.05, 4.69) is 5.32 Å². The van der Waals surface area contributed by atoms with Crippen molar-refractivity contribution in [2.75, 3.05) is 13.2 Å². The fraction of sp³-hybridized carbons (Fsp3) is 0.833. The zero-order chi connectivity index (χ0) is 13.4. The third-order valence-corrected chi connectivity index (χ3v) is 2.33. The molecule has 0 fully saturated rings. The zero-order valence-electron chi connectivity index (χ0n) is 11.6. The van der Waals surface area contributed by atoms with Crippen LogP contribution in [-0.2, 0) is 14.3 Å². The molecule has 0 aliphatic rings. The van der Waals surface area contributed by atoms with Gasteiger partial charge < -0.3 is 15.8 Å². The molecule has 0 saturated heterocycles. The molecule has 0 spiro atoms. The van der Waals surface area contributed by atoms with E-state index < -0.39 is 6.04 Å². The van der Waals surface area contributed by atoms with Crippen LogP contribution in [0.25, 0.3) is 0 Å². The van der Waals surface area contributed by atoms with Crippen LogP contribution in [0.1, 0.15) is 34.1 Å². The van der Waals surface area contributed by atoms with Gasteiger partial charge in [-0.15, -0.1) is 12.4 Å². The maximum atomic E-state index is 11.6. The van der Waals surface area contributed by atoms with Crippen molar-refractivity contribution in [1.82, 2.24) is 5.32 Å². The molecular formula is C12H25ClN2O3. The van der Waals surface area contributed by atoms with E-state index in [9.17, 15) is 9.59 Å². The van der Waals surface area contributed by atoms with Crippen LogP contribution in [-0.4, -0.2) is 31.1 Å². The number of nitrogens with two attached hydrogens (primary N) is 1. The number of carbonyl (C=O) groups is 2. The van der Waals surface area contributed by atoms with Gasteiger partial charge in [0.25, 0.3) is 0 Å². The van der Waals surface area contributed by atoms with Gasteiger partial charge in [-0.25, -0.2) is 0 Å². The van der Waals surface area contributed by atoms with E-state index >= 15 is 0 Å². The average Bonchev–Trinajstić information content (AvgIpc) is 2.24. The highest BCUT2D eigenvalue weighted by atomic mass is 35.5. The molecule has 0 aliphatic heterocycles. The molecule has 1 amide bonds. The molecule has 0 bridgehead atoms. The molecule has 1 unspecified atom stereocenters. The average molecular weight is 281 g/mol. The first kappa shape index (κ1) is 19.5. The SMILES string of the molecule is CCOC(=O)C(C)CNC(=O)[C@@H](N)CC(C)C.Cl. The Balaban J connectivity index is 0. The van der Waals surface area contributed by atoms with Crippen molar-refractivity contribution in [2.24, 2.45) is 17.6 Å². The first-order valence-electron chi connectivity index (χ1n) is 6.08. The van der Waals surface area contributed by atoms with Gasteiger partial charge in [0.1, 0.15) is 0 Å². The molecule has 6 heteroatoms. The minimum absolute atomic E-state index is 0. The number of ether oxygens (including phenoxy) is 1. The van der Waals surface area contributed by atoms with Gasteiger partial charge >= 0.3 is 5.97 Å². The summed E-state index contributed by atoms with van der Waals surface area (Å²) >= 11 is 0. The number of halogens is 1. The van der Waals surface area contributed by atoms with E-state index in [0.29, 0.717) is 18.9 Å². The summed E-state index contributed by atoms with van der Waals surface area (Å²) in [5, 5.41) is 2.66. The monoisotopic (exact) mass is 280 g/mol. The molecule has 108 valence electrons. The maximum absolute atomic E-state index is 11.6. The molecule has 0 aliphatic carbocycles. The number of nitrogens with one attached hydrogen (secondary N) is 1. The number of carbonyl (C=O) groups excluding carboxylic acids is 2. The van der Waals surface area contributed by atoms with Crippen molar-refractivity contribution >= 4 is 24.3 Å². The summed E-state index contributed by atoms with van der Waals surface area (Å²) in [6.07, 6.45) is 0.639. The molecule has 0 saturated carbocycles. The Hall–Kier alpha value is -0.810. The Morgan fingerprint density at radius 3 is 2.28 bits per heavy atom. The lowest BCUT2D eigenvalue weighted by Crippen LogP contribution is -2.43. The largest absolute Gasteiger partial charge is 0.466 e. The van der Waals surface area contributed by atoms with Crippen molar-refractivity contribution in [1.29, 1.82) is 0 Å². The smallest absolute Gasteiger partial charge is 0.310 e. The molecule has 3 N–H and O–H groups in total. The summed E-state index contributed by atoms with van der Waals surface area (Å²) < 4.78 is 4.84. The third-order valence-electron chi connectivity index (χ3n) is 2.33. The van der Waals surface area contributed by atoms with Gasteiger partial charge in [-0.3, -0.25) is 9.59 Å². The van der Waals surface area contributed by atoms with Gasteiger partial charge in [-0.2, -0.15) is 0 Å². The molecule has 0 aromatic carbocycles. The van der Waals surface area contributed by atoms with Gasteiger partial charge in [0, 0.05) is 6.54 Å². The lowest BCUT2D eigenvalue weighted by atomic mass is 10.0. The van der Waals surface area contributed by atoms with Crippen molar-refractivity contribution in [3.8, 4) is 0 Å². The van der Waals surface area contributed by atoms with Crippen molar-refractivity contribution in [3.05, 3.63) is 0 Å². The van der Waals surface area contributed by atoms with Crippen LogP contribution < -0.4 is 11.1 Å². The molecule has 0 radical (unpaired) electrons. The normalized spacial score (nSPS) is 13.4. The van der Waals surface area contributed by atoms with E-state index in [4.69, 9.17) is 10.5 Å². The molecule has 0 aromatic rings. The second kappa shape index (κ2) is 10.1. The lowest BCUT2D eigenvalue weighted by molar-refractivity contribution is -0.147. The Bertz CT molecular complexity index is 260. The van der Waals surface area contributed by atoms with E-state index in [0.717, 1.165) is 0 Å². The Morgan fingerprint density at radius 1 is 1.28 bits per heavy atom. The number of hydrogen-bond donors (Lipinski definition) is 2. The molecule has 5 nitrogen and oxygen atoms in total. The summed E-state index contributed by atoms with van der Waals surface area (Å²) in [7, 11) is 0. The van der Waals surface area contributed by atoms with Gasteiger partial charge in [0.05, 0.1) is 18.6 Å². The number of amides is 1. The highest BCUT2D eigenvalue weighted by Crippen LogP contribution is 2.03. The van der Waals surface area contributed by atoms with Gasteiger partial charge in [0.15, 0.2) is 0 Å². The van der Waals surface area contributed by atoms with E-state index in [1.54, 1.807) is 13.8 Å². The second-order valence-electron chi connectivity index (χ2n) is 4.63. The summed E-state index contributed by atoms with van der Waals surface area (Å²) in [5.74, 6) is -0.483. The van der Waals surface area contributed by atoms with Crippen LogP contribution in [0.3, 0.4) is 0 Å². The minimum atomic E-state index is -0.510. The first-order chi connectivity index (χ1) is 7.88. The molecule has 0 aromatic heterocycles. The maximum Gasteiger partial charge on any atom is 0.310 e. The Morgan fingerprint density at radius 2 is 1.83 bits per heavy atom. The van der Waals surface area contributed by atoms with Crippen LogP contribution in [0.5, 0.6) is 0 Å². The van der Waals surface area contributed by atoms with Crippen molar-refractivity contribution in [3.63, 3.8) is 0 Å². The van der Waals surface area contributed by atoms with Crippen molar-refractivity contribution < 1.29 is 14.3 Å². The zero-order valence-corrected chi connectivity index (χ0v) is 12.4. The van der Waals surface area contributed by atoms with E-state index in [1.165, 1.54) is 0 Å². The van der Waals surface area contributed by atoms with Gasteiger partial charge in [-0.05, 0) is 19.3 Å². The second-order valence-corrected chi connectivity index (χ2v) is 4.63. The predicted octanol–water partition coefficient (Wildman–Crippen LogP) is 1.10. The van der Waals surface area contributed by atoms with Crippen molar-refractivity contribution in [2.45, 2.75) is 40.2 Å². The van der Waals surface area contributed by atoms with E-state index in [1.807, 2.05) is 13.8 Å².